The van der Waals surface area contributed by atoms with E-state index in [4.69, 9.17) is 5.73 Å². The van der Waals surface area contributed by atoms with E-state index in [1.165, 1.54) is 12.8 Å². The van der Waals surface area contributed by atoms with Gasteiger partial charge in [-0.25, -0.2) is 13.1 Å². The van der Waals surface area contributed by atoms with Crippen LogP contribution in [0.15, 0.2) is 27.6 Å². The molecule has 7 heteroatoms. The van der Waals surface area contributed by atoms with Crippen molar-refractivity contribution < 1.29 is 8.42 Å². The van der Waals surface area contributed by atoms with Gasteiger partial charge in [-0.3, -0.25) is 0 Å². The molecular formula is C13H19BrN2O2S2. The summed E-state index contributed by atoms with van der Waals surface area (Å²) >= 11 is 5.15. The van der Waals surface area contributed by atoms with E-state index in [0.29, 0.717) is 22.8 Å². The molecule has 2 rings (SSSR count). The van der Waals surface area contributed by atoms with Crippen LogP contribution in [0.5, 0.6) is 0 Å². The maximum Gasteiger partial charge on any atom is 0.241 e. The van der Waals surface area contributed by atoms with Gasteiger partial charge in [-0.15, -0.1) is 0 Å². The SMILES string of the molecule is NCc1ccc(Br)c(S(=O)(=O)NCC2CCCCS2)c1. The van der Waals surface area contributed by atoms with E-state index < -0.39 is 10.0 Å². The zero-order chi connectivity index (χ0) is 14.6. The molecule has 20 heavy (non-hydrogen) atoms. The summed E-state index contributed by atoms with van der Waals surface area (Å²) in [6, 6.07) is 5.17. The maximum absolute atomic E-state index is 12.4. The van der Waals surface area contributed by atoms with Gasteiger partial charge in [0.25, 0.3) is 0 Å². The molecule has 0 aliphatic carbocycles. The number of nitrogens with one attached hydrogen (secondary N) is 1. The molecular weight excluding hydrogens is 360 g/mol. The Morgan fingerprint density at radius 3 is 2.85 bits per heavy atom. The van der Waals surface area contributed by atoms with Gasteiger partial charge in [0, 0.05) is 22.8 Å². The molecule has 3 N–H and O–H groups in total. The molecule has 0 aromatic heterocycles. The second-order valence-corrected chi connectivity index (χ2v) is 8.81. The Morgan fingerprint density at radius 1 is 1.40 bits per heavy atom. The van der Waals surface area contributed by atoms with Crippen LogP contribution in [0.3, 0.4) is 0 Å². The lowest BCUT2D eigenvalue weighted by Gasteiger charge is -2.21. The zero-order valence-corrected chi connectivity index (χ0v) is 14.4. The molecule has 1 aliphatic rings. The molecule has 0 radical (unpaired) electrons. The van der Waals surface area contributed by atoms with Crippen molar-refractivity contribution in [3.63, 3.8) is 0 Å². The monoisotopic (exact) mass is 378 g/mol. The average Bonchev–Trinajstić information content (AvgIpc) is 2.47. The number of sulfonamides is 1. The van der Waals surface area contributed by atoms with Crippen molar-refractivity contribution in [3.8, 4) is 0 Å². The summed E-state index contributed by atoms with van der Waals surface area (Å²) in [5.41, 5.74) is 6.38. The summed E-state index contributed by atoms with van der Waals surface area (Å²) in [6.07, 6.45) is 3.50. The first-order valence-electron chi connectivity index (χ1n) is 6.62. The molecule has 1 aromatic rings. The van der Waals surface area contributed by atoms with Crippen LogP contribution in [0.2, 0.25) is 0 Å². The van der Waals surface area contributed by atoms with Crippen molar-refractivity contribution in [2.24, 2.45) is 5.73 Å². The summed E-state index contributed by atoms with van der Waals surface area (Å²) in [7, 11) is -3.49. The number of hydrogen-bond donors (Lipinski definition) is 2. The molecule has 1 heterocycles. The van der Waals surface area contributed by atoms with Crippen LogP contribution in [0.25, 0.3) is 0 Å². The molecule has 1 aromatic carbocycles. The fraction of sp³-hybridized carbons (Fsp3) is 0.538. The minimum Gasteiger partial charge on any atom is -0.326 e. The predicted molar refractivity (Wildman–Crippen MR) is 87.3 cm³/mol. The minimum atomic E-state index is -3.49. The molecule has 0 spiro atoms. The summed E-state index contributed by atoms with van der Waals surface area (Å²) in [6.45, 7) is 0.820. The Balaban J connectivity index is 2.09. The summed E-state index contributed by atoms with van der Waals surface area (Å²) in [5, 5.41) is 0.384. The van der Waals surface area contributed by atoms with Crippen LogP contribution in [-0.4, -0.2) is 26.0 Å². The van der Waals surface area contributed by atoms with Gasteiger partial charge in [0.1, 0.15) is 0 Å². The number of thioether (sulfide) groups is 1. The fourth-order valence-corrected chi connectivity index (χ4v) is 5.57. The predicted octanol–water partition coefficient (Wildman–Crippen LogP) is 2.47. The first-order valence-corrected chi connectivity index (χ1v) is 9.95. The van der Waals surface area contributed by atoms with Crippen molar-refractivity contribution in [2.45, 2.75) is 36.0 Å². The molecule has 1 fully saturated rings. The van der Waals surface area contributed by atoms with E-state index in [9.17, 15) is 8.42 Å². The summed E-state index contributed by atoms with van der Waals surface area (Å²) < 4.78 is 28.0. The molecule has 1 aliphatic heterocycles. The van der Waals surface area contributed by atoms with Crippen LogP contribution in [0.4, 0.5) is 0 Å². The number of hydrogen-bond acceptors (Lipinski definition) is 4. The smallest absolute Gasteiger partial charge is 0.241 e. The highest BCUT2D eigenvalue weighted by Crippen LogP contribution is 2.26. The van der Waals surface area contributed by atoms with Gasteiger partial charge >= 0.3 is 0 Å². The van der Waals surface area contributed by atoms with Gasteiger partial charge in [-0.05, 0) is 52.2 Å². The third-order valence-electron chi connectivity index (χ3n) is 3.30. The van der Waals surface area contributed by atoms with Crippen molar-refractivity contribution in [1.29, 1.82) is 0 Å². The number of benzene rings is 1. The van der Waals surface area contributed by atoms with E-state index in [-0.39, 0.29) is 4.90 Å². The quantitative estimate of drug-likeness (QED) is 0.825. The molecule has 4 nitrogen and oxygen atoms in total. The second-order valence-electron chi connectivity index (χ2n) is 4.81. The lowest BCUT2D eigenvalue weighted by atomic mass is 10.2. The Kier molecular flexibility index (Phi) is 5.92. The minimum absolute atomic E-state index is 0.265. The van der Waals surface area contributed by atoms with Crippen LogP contribution in [0.1, 0.15) is 24.8 Å². The molecule has 1 unspecified atom stereocenters. The third-order valence-corrected chi connectivity index (χ3v) is 7.11. The van der Waals surface area contributed by atoms with Crippen molar-refractivity contribution >= 4 is 37.7 Å². The molecule has 1 saturated heterocycles. The first-order chi connectivity index (χ1) is 9.53. The van der Waals surface area contributed by atoms with Crippen LogP contribution < -0.4 is 10.5 Å². The third kappa shape index (κ3) is 4.21. The van der Waals surface area contributed by atoms with Gasteiger partial charge in [0.2, 0.25) is 10.0 Å². The molecule has 1 atom stereocenters. The van der Waals surface area contributed by atoms with E-state index in [1.54, 1.807) is 12.1 Å². The van der Waals surface area contributed by atoms with Gasteiger partial charge < -0.3 is 5.73 Å². The standard InChI is InChI=1S/C13H19BrN2O2S2/c14-12-5-4-10(8-15)7-13(12)20(17,18)16-9-11-3-1-2-6-19-11/h4-5,7,11,16H,1-3,6,8-9,15H2. The average molecular weight is 379 g/mol. The molecule has 0 bridgehead atoms. The van der Waals surface area contributed by atoms with Crippen molar-refractivity contribution in [2.75, 3.05) is 12.3 Å². The Labute approximate surface area is 133 Å². The number of nitrogens with two attached hydrogens (primary N) is 1. The highest BCUT2D eigenvalue weighted by Gasteiger charge is 2.21. The number of rotatable bonds is 5. The molecule has 0 amide bonds. The van der Waals surface area contributed by atoms with Gasteiger partial charge in [-0.2, -0.15) is 11.8 Å². The summed E-state index contributed by atoms with van der Waals surface area (Å²) in [4.78, 5) is 0.265. The molecule has 112 valence electrons. The second kappa shape index (κ2) is 7.26. The molecule has 0 saturated carbocycles. The Hall–Kier alpha value is -0.0800. The lowest BCUT2D eigenvalue weighted by Crippen LogP contribution is -2.32. The van der Waals surface area contributed by atoms with Crippen LogP contribution >= 0.6 is 27.7 Å². The van der Waals surface area contributed by atoms with Crippen molar-refractivity contribution in [1.82, 2.24) is 4.72 Å². The van der Waals surface area contributed by atoms with E-state index >= 15 is 0 Å². The topological polar surface area (TPSA) is 72.2 Å². The Morgan fingerprint density at radius 2 is 2.20 bits per heavy atom. The zero-order valence-electron chi connectivity index (χ0n) is 11.1. The first kappa shape index (κ1) is 16.3. The van der Waals surface area contributed by atoms with Crippen LogP contribution in [-0.2, 0) is 16.6 Å². The fourth-order valence-electron chi connectivity index (χ4n) is 2.13. The highest BCUT2D eigenvalue weighted by atomic mass is 79.9. The largest absolute Gasteiger partial charge is 0.326 e. The normalized spacial score (nSPS) is 20.0. The lowest BCUT2D eigenvalue weighted by molar-refractivity contribution is 0.573. The van der Waals surface area contributed by atoms with Crippen LogP contribution in [0, 0.1) is 0 Å². The van der Waals surface area contributed by atoms with E-state index in [0.717, 1.165) is 17.7 Å². The van der Waals surface area contributed by atoms with Gasteiger partial charge in [-0.1, -0.05) is 12.5 Å². The maximum atomic E-state index is 12.4. The Bertz CT molecular complexity index is 557. The van der Waals surface area contributed by atoms with E-state index in [2.05, 4.69) is 20.7 Å². The number of halogens is 1. The van der Waals surface area contributed by atoms with Crippen molar-refractivity contribution in [3.05, 3.63) is 28.2 Å². The van der Waals surface area contributed by atoms with Gasteiger partial charge in [0.15, 0.2) is 0 Å². The van der Waals surface area contributed by atoms with Gasteiger partial charge in [0.05, 0.1) is 4.90 Å². The summed E-state index contributed by atoms with van der Waals surface area (Å²) in [5.74, 6) is 1.12. The van der Waals surface area contributed by atoms with E-state index in [1.807, 2.05) is 17.8 Å². The highest BCUT2D eigenvalue weighted by molar-refractivity contribution is 9.10.